The number of rotatable bonds is 16. The molecule has 4 N–H and O–H groups in total. The number of hydrogen-bond donors (Lipinski definition) is 4. The number of anilines is 3. The Balaban J connectivity index is 0.00000397. The van der Waals surface area contributed by atoms with Crippen molar-refractivity contribution in [1.29, 1.82) is 0 Å². The molecule has 6 rings (SSSR count). The summed E-state index contributed by atoms with van der Waals surface area (Å²) >= 11 is 0. The minimum atomic E-state index is -4.10. The van der Waals surface area contributed by atoms with Gasteiger partial charge in [0, 0.05) is 49.7 Å². The molecule has 2 aliphatic rings. The van der Waals surface area contributed by atoms with E-state index in [9.17, 15) is 32.7 Å². The van der Waals surface area contributed by atoms with Gasteiger partial charge >= 0.3 is 115 Å². The van der Waals surface area contributed by atoms with E-state index in [-0.39, 0.29) is 143 Å². The second-order valence-corrected chi connectivity index (χ2v) is 16.8. The molecule has 1 saturated carbocycles. The summed E-state index contributed by atoms with van der Waals surface area (Å²) in [4.78, 5) is 52.7. The quantitative estimate of drug-likeness (QED) is 0.103. The first-order valence-corrected chi connectivity index (χ1v) is 21.1. The van der Waals surface area contributed by atoms with Gasteiger partial charge in [-0.05, 0) is 130 Å². The Morgan fingerprint density at radius 3 is 1.98 bits per heavy atom. The molecule has 1 aliphatic heterocycles. The van der Waals surface area contributed by atoms with E-state index < -0.39 is 45.7 Å². The minimum absolute atomic E-state index is 0. The molecule has 1 saturated heterocycles. The van der Waals surface area contributed by atoms with E-state index in [0.29, 0.717) is 37.8 Å². The van der Waals surface area contributed by atoms with Gasteiger partial charge in [0.25, 0.3) is 11.8 Å². The van der Waals surface area contributed by atoms with Crippen LogP contribution in [0.25, 0.3) is 0 Å². The van der Waals surface area contributed by atoms with Gasteiger partial charge in [0.15, 0.2) is 0 Å². The second-order valence-electron chi connectivity index (χ2n) is 14.9. The summed E-state index contributed by atoms with van der Waals surface area (Å²) in [5, 5.41) is 24.4. The van der Waals surface area contributed by atoms with Crippen LogP contribution in [-0.4, -0.2) is 189 Å². The molecule has 60 heavy (non-hydrogen) atoms. The van der Waals surface area contributed by atoms with Gasteiger partial charge in [0.05, 0.1) is 34.2 Å². The molecule has 0 unspecified atom stereocenters. The fourth-order valence-corrected chi connectivity index (χ4v) is 9.37. The fraction of sp³-hybridized carbons (Fsp3) is 0.364. The summed E-state index contributed by atoms with van der Waals surface area (Å²) in [7, 11) is -2.62. The molecule has 310 valence electrons. The van der Waals surface area contributed by atoms with E-state index in [1.165, 1.54) is 35.7 Å². The van der Waals surface area contributed by atoms with Crippen LogP contribution < -0.4 is 15.5 Å². The molecule has 0 atom stereocenters. The normalized spacial score (nSPS) is 16.5. The van der Waals surface area contributed by atoms with Crippen molar-refractivity contribution < 1.29 is 42.5 Å². The first-order chi connectivity index (χ1) is 27.9. The summed E-state index contributed by atoms with van der Waals surface area (Å²) in [5.74, 6) is -3.37. The molecular formula is C44H52K2N4O9S. The number of amides is 2. The third-order valence-corrected chi connectivity index (χ3v) is 13.0. The van der Waals surface area contributed by atoms with Gasteiger partial charge in [-0.1, -0.05) is 30.3 Å². The van der Waals surface area contributed by atoms with Gasteiger partial charge in [-0.2, -0.15) is 4.31 Å². The molecule has 4 aromatic rings. The Kier molecular flexibility index (Phi) is 20.1. The maximum atomic E-state index is 14.1. The summed E-state index contributed by atoms with van der Waals surface area (Å²) in [6.45, 7) is 1.92. The Morgan fingerprint density at radius 2 is 1.38 bits per heavy atom. The third kappa shape index (κ3) is 13.4. The van der Waals surface area contributed by atoms with Gasteiger partial charge in [-0.3, -0.25) is 14.4 Å². The molecule has 2 amide bonds. The number of carbonyl (C=O) groups is 4. The first-order valence-electron chi connectivity index (χ1n) is 19.7. The van der Waals surface area contributed by atoms with Gasteiger partial charge < -0.3 is 30.5 Å². The number of sulfonamides is 1. The Morgan fingerprint density at radius 1 is 0.750 bits per heavy atom. The van der Waals surface area contributed by atoms with Crippen LogP contribution in [0.1, 0.15) is 87.1 Å². The van der Waals surface area contributed by atoms with Crippen LogP contribution >= 0.6 is 0 Å². The van der Waals surface area contributed by atoms with Crippen molar-refractivity contribution in [3.8, 4) is 0 Å². The summed E-state index contributed by atoms with van der Waals surface area (Å²) < 4.78 is 34.8. The van der Waals surface area contributed by atoms with Crippen LogP contribution in [0.2, 0.25) is 0 Å². The third-order valence-electron chi connectivity index (χ3n) is 11.0. The van der Waals surface area contributed by atoms with Crippen molar-refractivity contribution in [2.24, 2.45) is 5.92 Å². The predicted molar refractivity (Wildman–Crippen MR) is 236 cm³/mol. The van der Waals surface area contributed by atoms with E-state index >= 15 is 0 Å². The number of nitrogens with one attached hydrogen (secondary N) is 2. The Bertz CT molecular complexity index is 2210. The maximum absolute atomic E-state index is 14.1. The van der Waals surface area contributed by atoms with Crippen molar-refractivity contribution in [3.05, 3.63) is 119 Å². The zero-order valence-electron chi connectivity index (χ0n) is 32.6. The van der Waals surface area contributed by atoms with Crippen molar-refractivity contribution in [2.75, 3.05) is 48.9 Å². The van der Waals surface area contributed by atoms with Crippen LogP contribution in [0.15, 0.2) is 95.9 Å². The fourth-order valence-electron chi connectivity index (χ4n) is 7.65. The van der Waals surface area contributed by atoms with Crippen LogP contribution in [0, 0.1) is 5.92 Å². The summed E-state index contributed by atoms with van der Waals surface area (Å²) in [5.41, 5.74) is 4.31. The Hall–Kier alpha value is -2.30. The monoisotopic (exact) mass is 890 g/mol. The van der Waals surface area contributed by atoms with E-state index in [1.54, 1.807) is 24.3 Å². The number of aryl methyl sites for hydroxylation is 2. The number of benzene rings is 4. The molecule has 0 spiro atoms. The average molecular weight is 891 g/mol. The molecule has 0 bridgehead atoms. The number of ether oxygens (including phenoxy) is 1. The van der Waals surface area contributed by atoms with Crippen molar-refractivity contribution in [1.82, 2.24) is 4.31 Å². The first kappa shape index (κ1) is 50.3. The SMILES string of the molecule is COCCN(C1CCC(C(=O)O)CC1)S(=O)(=O)c1cccc(C(=O)Nc2ccc(N3CCCCC3)cc2C(=O)Nc2ccc(CCc3ccc(C(=O)O)cc3)cc2)c1.[KH].[KH]. The molecule has 4 aromatic carbocycles. The van der Waals surface area contributed by atoms with Crippen LogP contribution in [0.3, 0.4) is 0 Å². The molecular weight excluding hydrogens is 839 g/mol. The standard InChI is InChI=1S/C44H50N4O9S.2K.2H/c1-57-27-26-48(36-20-16-33(17-21-36)44(53)54)58(55,56)38-7-5-6-34(28-38)41(49)46-40-23-22-37(47-24-3-2-4-25-47)29-39(40)42(50)45-35-18-12-31(13-19-35)9-8-30-10-14-32(15-11-30)43(51)52;;;;/h5-7,10-15,18-19,22-23,28-29,33,36H,2-4,8-9,16-17,20-21,24-27H2,1H3,(H,45,50)(H,46,49)(H,51,52)(H,53,54);;;;. The number of aromatic carboxylic acids is 1. The van der Waals surface area contributed by atoms with Gasteiger partial charge in [0.2, 0.25) is 10.0 Å². The number of aliphatic carboxylic acids is 1. The molecule has 16 heteroatoms. The number of carboxylic acid groups (broad SMARTS) is 2. The van der Waals surface area contributed by atoms with Gasteiger partial charge in [-0.25, -0.2) is 13.2 Å². The summed E-state index contributed by atoms with van der Waals surface area (Å²) in [6, 6.07) is 25.0. The number of carboxylic acids is 2. The number of carbonyl (C=O) groups excluding carboxylic acids is 2. The molecule has 2 fully saturated rings. The average Bonchev–Trinajstić information content (AvgIpc) is 3.24. The van der Waals surface area contributed by atoms with Crippen molar-refractivity contribution in [3.63, 3.8) is 0 Å². The van der Waals surface area contributed by atoms with E-state index in [4.69, 9.17) is 9.84 Å². The Labute approximate surface area is 436 Å². The summed E-state index contributed by atoms with van der Waals surface area (Å²) in [6.07, 6.45) is 6.17. The van der Waals surface area contributed by atoms with Gasteiger partial charge in [-0.15, -0.1) is 0 Å². The van der Waals surface area contributed by atoms with Gasteiger partial charge in [0.1, 0.15) is 0 Å². The number of piperidine rings is 1. The zero-order chi connectivity index (χ0) is 41.2. The molecule has 0 aromatic heterocycles. The topological polar surface area (TPSA) is 183 Å². The van der Waals surface area contributed by atoms with Crippen LogP contribution in [-0.2, 0) is 32.4 Å². The number of methoxy groups -OCH3 is 1. The van der Waals surface area contributed by atoms with Crippen molar-refractivity contribution in [2.45, 2.75) is 68.7 Å². The predicted octanol–water partition coefficient (Wildman–Crippen LogP) is 5.65. The number of hydrogen-bond acceptors (Lipinski definition) is 8. The zero-order valence-corrected chi connectivity index (χ0v) is 33.4. The molecule has 0 radical (unpaired) electrons. The molecule has 1 aliphatic carbocycles. The second kappa shape index (κ2) is 24.0. The van der Waals surface area contributed by atoms with E-state index in [1.807, 2.05) is 42.5 Å². The van der Waals surface area contributed by atoms with Crippen LogP contribution in [0.5, 0.6) is 0 Å². The molecule has 1 heterocycles. The van der Waals surface area contributed by atoms with Crippen molar-refractivity contribution >= 4 is 154 Å². The molecule has 13 nitrogen and oxygen atoms in total. The van der Waals surface area contributed by atoms with E-state index in [2.05, 4.69) is 15.5 Å². The van der Waals surface area contributed by atoms with E-state index in [0.717, 1.165) is 55.6 Å². The van der Waals surface area contributed by atoms with Crippen LogP contribution in [0.4, 0.5) is 17.1 Å². The number of nitrogens with zero attached hydrogens (tertiary/aromatic N) is 2.